The smallest absolute Gasteiger partial charge is 0.387 e. The van der Waals surface area contributed by atoms with Crippen LogP contribution in [0.1, 0.15) is 18.9 Å². The second-order valence-corrected chi connectivity index (χ2v) is 4.49. The molecule has 1 aromatic rings. The van der Waals surface area contributed by atoms with Gasteiger partial charge in [-0.15, -0.1) is 24.0 Å². The number of aliphatic imine (C=N–C) groups is 1. The summed E-state index contributed by atoms with van der Waals surface area (Å²) in [6, 6.07) is 6.54. The van der Waals surface area contributed by atoms with Crippen LogP contribution in [0.15, 0.2) is 29.3 Å². The molecule has 0 bridgehead atoms. The number of methoxy groups -OCH3 is 1. The number of ether oxygens (including phenoxy) is 2. The molecule has 0 saturated heterocycles. The number of hydrogen-bond donors (Lipinski definition) is 2. The topological polar surface area (TPSA) is 54.9 Å². The van der Waals surface area contributed by atoms with E-state index in [0.717, 1.165) is 25.1 Å². The Kier molecular flexibility index (Phi) is 12.6. The van der Waals surface area contributed by atoms with Crippen LogP contribution in [-0.2, 0) is 11.3 Å². The van der Waals surface area contributed by atoms with Crippen molar-refractivity contribution in [3.8, 4) is 5.75 Å². The predicted molar refractivity (Wildman–Crippen MR) is 97.8 cm³/mol. The Hall–Kier alpha value is -1.16. The fourth-order valence-electron chi connectivity index (χ4n) is 1.76. The van der Waals surface area contributed by atoms with E-state index in [4.69, 9.17) is 4.74 Å². The van der Waals surface area contributed by atoms with Gasteiger partial charge < -0.3 is 20.1 Å². The number of hydrogen-bond acceptors (Lipinski definition) is 3. The second kappa shape index (κ2) is 13.3. The quantitative estimate of drug-likeness (QED) is 0.267. The minimum absolute atomic E-state index is 0. The van der Waals surface area contributed by atoms with Crippen LogP contribution < -0.4 is 15.4 Å². The minimum Gasteiger partial charge on any atom is -0.435 e. The Morgan fingerprint density at radius 1 is 1.30 bits per heavy atom. The Morgan fingerprint density at radius 3 is 2.74 bits per heavy atom. The van der Waals surface area contributed by atoms with Crippen LogP contribution in [0.5, 0.6) is 5.75 Å². The van der Waals surface area contributed by atoms with Crippen molar-refractivity contribution in [2.75, 3.05) is 26.8 Å². The number of halogens is 3. The zero-order valence-corrected chi connectivity index (χ0v) is 15.7. The molecule has 0 aromatic heterocycles. The summed E-state index contributed by atoms with van der Waals surface area (Å²) in [5.41, 5.74) is 0.798. The molecular weight excluding hydrogens is 419 g/mol. The van der Waals surface area contributed by atoms with Gasteiger partial charge in [-0.05, 0) is 31.0 Å². The van der Waals surface area contributed by atoms with Crippen LogP contribution in [-0.4, -0.2) is 39.4 Å². The maximum absolute atomic E-state index is 12.2. The third-order valence-corrected chi connectivity index (χ3v) is 2.71. The van der Waals surface area contributed by atoms with Crippen LogP contribution in [0.2, 0.25) is 0 Å². The lowest BCUT2D eigenvalue weighted by Gasteiger charge is -2.11. The summed E-state index contributed by atoms with van der Waals surface area (Å²) in [4.78, 5) is 4.41. The molecule has 0 radical (unpaired) electrons. The molecule has 0 heterocycles. The van der Waals surface area contributed by atoms with Crippen molar-refractivity contribution in [1.29, 1.82) is 0 Å². The summed E-state index contributed by atoms with van der Waals surface area (Å²) < 4.78 is 33.7. The molecule has 0 atom stereocenters. The van der Waals surface area contributed by atoms with Gasteiger partial charge in [-0.1, -0.05) is 12.1 Å². The van der Waals surface area contributed by atoms with Crippen molar-refractivity contribution in [3.05, 3.63) is 29.8 Å². The maximum atomic E-state index is 12.2. The Morgan fingerprint density at radius 2 is 2.09 bits per heavy atom. The number of benzene rings is 1. The van der Waals surface area contributed by atoms with E-state index in [1.165, 1.54) is 6.07 Å². The number of nitrogens with one attached hydrogen (secondary N) is 2. The highest BCUT2D eigenvalue weighted by molar-refractivity contribution is 14.0. The van der Waals surface area contributed by atoms with E-state index in [1.807, 2.05) is 13.0 Å². The van der Waals surface area contributed by atoms with Crippen LogP contribution in [0.25, 0.3) is 0 Å². The lowest BCUT2D eigenvalue weighted by molar-refractivity contribution is -0.0498. The lowest BCUT2D eigenvalue weighted by Crippen LogP contribution is -2.38. The summed E-state index contributed by atoms with van der Waals surface area (Å²) in [6.45, 7) is 1.69. The molecule has 0 unspecified atom stereocenters. The summed E-state index contributed by atoms with van der Waals surface area (Å²) in [5, 5.41) is 6.30. The number of rotatable bonds is 9. The standard InChI is InChI=1S/C15H23F2N3O2.HI/c1-3-18-15(19-8-5-9-21-2)20-11-12-6-4-7-13(10-12)22-14(16)17;/h4,6-7,10,14H,3,5,8-9,11H2,1-2H3,(H2,18,19,20);1H. The first-order valence-electron chi connectivity index (χ1n) is 7.20. The molecule has 0 spiro atoms. The fraction of sp³-hybridized carbons (Fsp3) is 0.533. The molecule has 5 nitrogen and oxygen atoms in total. The van der Waals surface area contributed by atoms with Gasteiger partial charge in [-0.25, -0.2) is 4.99 Å². The van der Waals surface area contributed by atoms with Crippen LogP contribution in [0, 0.1) is 0 Å². The monoisotopic (exact) mass is 443 g/mol. The molecule has 0 aliphatic heterocycles. The van der Waals surface area contributed by atoms with Crippen molar-refractivity contribution in [2.45, 2.75) is 26.5 Å². The zero-order valence-electron chi connectivity index (χ0n) is 13.4. The van der Waals surface area contributed by atoms with Gasteiger partial charge in [-0.2, -0.15) is 8.78 Å². The van der Waals surface area contributed by atoms with Crippen LogP contribution in [0.3, 0.4) is 0 Å². The highest BCUT2D eigenvalue weighted by Crippen LogP contribution is 2.16. The molecule has 0 saturated carbocycles. The van der Waals surface area contributed by atoms with Gasteiger partial charge in [0.15, 0.2) is 5.96 Å². The SMILES string of the molecule is CCNC(=NCc1cccc(OC(F)F)c1)NCCCOC.I. The van der Waals surface area contributed by atoms with Gasteiger partial charge in [0, 0.05) is 26.8 Å². The molecule has 2 N–H and O–H groups in total. The van der Waals surface area contributed by atoms with Crippen molar-refractivity contribution >= 4 is 29.9 Å². The molecule has 0 aliphatic carbocycles. The van der Waals surface area contributed by atoms with E-state index in [0.29, 0.717) is 19.1 Å². The third kappa shape index (κ3) is 10.3. The van der Waals surface area contributed by atoms with Crippen LogP contribution >= 0.6 is 24.0 Å². The maximum Gasteiger partial charge on any atom is 0.387 e. The van der Waals surface area contributed by atoms with Gasteiger partial charge in [0.2, 0.25) is 0 Å². The second-order valence-electron chi connectivity index (χ2n) is 4.49. The van der Waals surface area contributed by atoms with E-state index in [2.05, 4.69) is 20.4 Å². The van der Waals surface area contributed by atoms with Gasteiger partial charge in [0.1, 0.15) is 5.75 Å². The summed E-state index contributed by atoms with van der Waals surface area (Å²) >= 11 is 0. The van der Waals surface area contributed by atoms with E-state index in [1.54, 1.807) is 19.2 Å². The molecular formula is C15H24F2IN3O2. The first kappa shape index (κ1) is 21.8. The Bertz CT molecular complexity index is 462. The largest absolute Gasteiger partial charge is 0.435 e. The number of alkyl halides is 2. The normalized spacial score (nSPS) is 11.1. The molecule has 1 rings (SSSR count). The highest BCUT2D eigenvalue weighted by Gasteiger charge is 2.04. The Balaban J connectivity index is 0.00000484. The molecule has 0 amide bonds. The Labute approximate surface area is 152 Å². The van der Waals surface area contributed by atoms with E-state index >= 15 is 0 Å². The molecule has 1 aromatic carbocycles. The zero-order chi connectivity index (χ0) is 16.2. The van der Waals surface area contributed by atoms with Gasteiger partial charge in [-0.3, -0.25) is 0 Å². The highest BCUT2D eigenvalue weighted by atomic mass is 127. The van der Waals surface area contributed by atoms with Gasteiger partial charge in [0.05, 0.1) is 6.54 Å². The van der Waals surface area contributed by atoms with Crippen molar-refractivity contribution < 1.29 is 18.3 Å². The molecule has 0 fully saturated rings. The predicted octanol–water partition coefficient (Wildman–Crippen LogP) is 3.00. The summed E-state index contributed by atoms with van der Waals surface area (Å²) in [6.07, 6.45) is 0.874. The van der Waals surface area contributed by atoms with Gasteiger partial charge >= 0.3 is 6.61 Å². The van der Waals surface area contributed by atoms with E-state index in [-0.39, 0.29) is 29.7 Å². The lowest BCUT2D eigenvalue weighted by atomic mass is 10.2. The van der Waals surface area contributed by atoms with E-state index < -0.39 is 6.61 Å². The molecule has 0 aliphatic rings. The number of guanidine groups is 1. The third-order valence-electron chi connectivity index (χ3n) is 2.71. The average Bonchev–Trinajstić information content (AvgIpc) is 2.49. The van der Waals surface area contributed by atoms with Crippen molar-refractivity contribution in [3.63, 3.8) is 0 Å². The summed E-state index contributed by atoms with van der Waals surface area (Å²) in [5.74, 6) is 0.819. The van der Waals surface area contributed by atoms with E-state index in [9.17, 15) is 8.78 Å². The van der Waals surface area contributed by atoms with Gasteiger partial charge in [0.25, 0.3) is 0 Å². The van der Waals surface area contributed by atoms with Crippen molar-refractivity contribution in [1.82, 2.24) is 10.6 Å². The average molecular weight is 443 g/mol. The molecule has 8 heteroatoms. The first-order valence-corrected chi connectivity index (χ1v) is 7.20. The minimum atomic E-state index is -2.82. The number of nitrogens with zero attached hydrogens (tertiary/aromatic N) is 1. The van der Waals surface area contributed by atoms with Crippen LogP contribution in [0.4, 0.5) is 8.78 Å². The fourth-order valence-corrected chi connectivity index (χ4v) is 1.76. The molecule has 23 heavy (non-hydrogen) atoms. The molecule has 132 valence electrons. The first-order chi connectivity index (χ1) is 10.7. The van der Waals surface area contributed by atoms with Crippen molar-refractivity contribution in [2.24, 2.45) is 4.99 Å². The summed E-state index contributed by atoms with van der Waals surface area (Å²) in [7, 11) is 1.66.